The van der Waals surface area contributed by atoms with Gasteiger partial charge in [0.25, 0.3) is 5.91 Å². The number of methoxy groups -OCH3 is 1. The van der Waals surface area contributed by atoms with E-state index in [2.05, 4.69) is 10.3 Å². The van der Waals surface area contributed by atoms with Crippen LogP contribution in [0, 0.1) is 12.3 Å². The van der Waals surface area contributed by atoms with Crippen LogP contribution in [0.2, 0.25) is 0 Å². The molecule has 0 aromatic carbocycles. The number of pyridine rings is 1. The summed E-state index contributed by atoms with van der Waals surface area (Å²) in [5, 5.41) is 2.79. The van der Waals surface area contributed by atoms with Crippen LogP contribution >= 0.6 is 0 Å². The molecule has 106 valence electrons. The largest absolute Gasteiger partial charge is 0.385 e. The molecule has 1 heterocycles. The van der Waals surface area contributed by atoms with Crippen molar-refractivity contribution in [2.75, 3.05) is 20.3 Å². The molecule has 5 nitrogen and oxygen atoms in total. The SMILES string of the molecule is COCCC(C)(C)CNC(=O)c1c[nH]c(C)cc1=O. The van der Waals surface area contributed by atoms with Gasteiger partial charge in [0.1, 0.15) is 5.56 Å². The maximum atomic E-state index is 11.9. The summed E-state index contributed by atoms with van der Waals surface area (Å²) in [6.45, 7) is 7.02. The van der Waals surface area contributed by atoms with Crippen molar-refractivity contribution < 1.29 is 9.53 Å². The quantitative estimate of drug-likeness (QED) is 0.819. The van der Waals surface area contributed by atoms with E-state index in [-0.39, 0.29) is 22.3 Å². The smallest absolute Gasteiger partial charge is 0.256 e. The van der Waals surface area contributed by atoms with Gasteiger partial charge in [-0.05, 0) is 18.8 Å². The lowest BCUT2D eigenvalue weighted by Crippen LogP contribution is -2.36. The fraction of sp³-hybridized carbons (Fsp3) is 0.571. The van der Waals surface area contributed by atoms with Crippen molar-refractivity contribution in [3.05, 3.63) is 33.7 Å². The Hall–Kier alpha value is -1.62. The summed E-state index contributed by atoms with van der Waals surface area (Å²) in [5.74, 6) is -0.341. The molecule has 1 rings (SSSR count). The van der Waals surface area contributed by atoms with Gasteiger partial charge < -0.3 is 15.0 Å². The molecule has 2 N–H and O–H groups in total. The number of aryl methyl sites for hydroxylation is 1. The monoisotopic (exact) mass is 266 g/mol. The molecule has 0 aliphatic heterocycles. The van der Waals surface area contributed by atoms with E-state index in [9.17, 15) is 9.59 Å². The minimum Gasteiger partial charge on any atom is -0.385 e. The number of aromatic nitrogens is 1. The van der Waals surface area contributed by atoms with Crippen molar-refractivity contribution >= 4 is 5.91 Å². The number of nitrogens with one attached hydrogen (secondary N) is 2. The molecule has 1 aromatic heterocycles. The maximum absolute atomic E-state index is 11.9. The number of ether oxygens (including phenoxy) is 1. The van der Waals surface area contributed by atoms with E-state index in [0.29, 0.717) is 13.2 Å². The first-order chi connectivity index (χ1) is 8.85. The summed E-state index contributed by atoms with van der Waals surface area (Å²) in [5.41, 5.74) is 0.557. The van der Waals surface area contributed by atoms with E-state index in [0.717, 1.165) is 12.1 Å². The maximum Gasteiger partial charge on any atom is 0.256 e. The van der Waals surface area contributed by atoms with E-state index in [4.69, 9.17) is 4.74 Å². The summed E-state index contributed by atoms with van der Waals surface area (Å²) in [6.07, 6.45) is 2.29. The Morgan fingerprint density at radius 3 is 2.74 bits per heavy atom. The summed E-state index contributed by atoms with van der Waals surface area (Å²) in [7, 11) is 1.65. The zero-order valence-corrected chi connectivity index (χ0v) is 12.0. The normalized spacial score (nSPS) is 11.4. The van der Waals surface area contributed by atoms with Crippen LogP contribution in [-0.4, -0.2) is 31.2 Å². The van der Waals surface area contributed by atoms with Crippen LogP contribution in [0.15, 0.2) is 17.1 Å². The number of hydrogen-bond donors (Lipinski definition) is 2. The van der Waals surface area contributed by atoms with Gasteiger partial charge in [0.15, 0.2) is 5.43 Å². The van der Waals surface area contributed by atoms with Gasteiger partial charge in [-0.25, -0.2) is 0 Å². The molecule has 5 heteroatoms. The molecule has 19 heavy (non-hydrogen) atoms. The predicted molar refractivity (Wildman–Crippen MR) is 74.4 cm³/mol. The van der Waals surface area contributed by atoms with Crippen LogP contribution < -0.4 is 10.7 Å². The van der Waals surface area contributed by atoms with Crippen molar-refractivity contribution in [2.45, 2.75) is 27.2 Å². The number of hydrogen-bond acceptors (Lipinski definition) is 3. The first-order valence-corrected chi connectivity index (χ1v) is 6.32. The lowest BCUT2D eigenvalue weighted by Gasteiger charge is -2.24. The van der Waals surface area contributed by atoms with Crippen LogP contribution in [0.3, 0.4) is 0 Å². The molecule has 0 radical (unpaired) electrons. The summed E-state index contributed by atoms with van der Waals surface area (Å²) in [4.78, 5) is 26.5. The molecular weight excluding hydrogens is 244 g/mol. The molecule has 1 aromatic rings. The van der Waals surface area contributed by atoms with Crippen LogP contribution in [0.1, 0.15) is 36.3 Å². The Morgan fingerprint density at radius 1 is 1.47 bits per heavy atom. The number of amides is 1. The third kappa shape index (κ3) is 4.87. The van der Waals surface area contributed by atoms with Crippen LogP contribution in [0.4, 0.5) is 0 Å². The van der Waals surface area contributed by atoms with E-state index in [1.807, 2.05) is 13.8 Å². The number of carbonyl (C=O) groups is 1. The van der Waals surface area contributed by atoms with Crippen LogP contribution in [-0.2, 0) is 4.74 Å². The molecule has 1 amide bonds. The molecule has 0 aliphatic rings. The van der Waals surface area contributed by atoms with Crippen molar-refractivity contribution in [2.24, 2.45) is 5.41 Å². The average molecular weight is 266 g/mol. The topological polar surface area (TPSA) is 71.2 Å². The standard InChI is InChI=1S/C14H22N2O3/c1-10-7-12(17)11(8-15-10)13(18)16-9-14(2,3)5-6-19-4/h7-8H,5-6,9H2,1-4H3,(H,15,17)(H,16,18). The van der Waals surface area contributed by atoms with Gasteiger partial charge in [-0.2, -0.15) is 0 Å². The molecule has 0 spiro atoms. The van der Waals surface area contributed by atoms with Crippen LogP contribution in [0.25, 0.3) is 0 Å². The zero-order valence-electron chi connectivity index (χ0n) is 12.0. The van der Waals surface area contributed by atoms with E-state index < -0.39 is 0 Å². The fourth-order valence-electron chi connectivity index (χ4n) is 1.63. The second kappa shape index (κ2) is 6.52. The zero-order chi connectivity index (χ0) is 14.5. The van der Waals surface area contributed by atoms with Gasteiger partial charge >= 0.3 is 0 Å². The van der Waals surface area contributed by atoms with Gasteiger partial charge in [0.05, 0.1) is 0 Å². The molecule has 0 atom stereocenters. The lowest BCUT2D eigenvalue weighted by molar-refractivity contribution is 0.0919. The molecule has 0 aliphatic carbocycles. The minimum absolute atomic E-state index is 0.0663. The molecule has 0 saturated carbocycles. The van der Waals surface area contributed by atoms with Crippen molar-refractivity contribution in [3.8, 4) is 0 Å². The highest BCUT2D eigenvalue weighted by atomic mass is 16.5. The number of rotatable bonds is 6. The van der Waals surface area contributed by atoms with Crippen molar-refractivity contribution in [1.82, 2.24) is 10.3 Å². The highest BCUT2D eigenvalue weighted by Crippen LogP contribution is 2.18. The first-order valence-electron chi connectivity index (χ1n) is 6.32. The van der Waals surface area contributed by atoms with Gasteiger partial charge in [-0.15, -0.1) is 0 Å². The van der Waals surface area contributed by atoms with E-state index in [1.165, 1.54) is 12.3 Å². The van der Waals surface area contributed by atoms with Crippen molar-refractivity contribution in [3.63, 3.8) is 0 Å². The van der Waals surface area contributed by atoms with E-state index >= 15 is 0 Å². The second-order valence-corrected chi connectivity index (χ2v) is 5.48. The Morgan fingerprint density at radius 2 is 2.16 bits per heavy atom. The van der Waals surface area contributed by atoms with Gasteiger partial charge in [-0.3, -0.25) is 9.59 Å². The number of H-pyrrole nitrogens is 1. The third-order valence-corrected chi connectivity index (χ3v) is 3.01. The molecule has 0 saturated heterocycles. The molecular formula is C14H22N2O3. The lowest BCUT2D eigenvalue weighted by atomic mass is 9.89. The third-order valence-electron chi connectivity index (χ3n) is 3.01. The van der Waals surface area contributed by atoms with E-state index in [1.54, 1.807) is 14.0 Å². The minimum atomic E-state index is -0.341. The highest BCUT2D eigenvalue weighted by Gasteiger charge is 2.19. The Labute approximate surface area is 113 Å². The Bertz CT molecular complexity index is 492. The average Bonchev–Trinajstić information content (AvgIpc) is 2.34. The summed E-state index contributed by atoms with van der Waals surface area (Å²) >= 11 is 0. The van der Waals surface area contributed by atoms with Gasteiger partial charge in [-0.1, -0.05) is 13.8 Å². The van der Waals surface area contributed by atoms with Crippen molar-refractivity contribution in [1.29, 1.82) is 0 Å². The number of aromatic amines is 1. The first kappa shape index (κ1) is 15.4. The Kier molecular flexibility index (Phi) is 5.30. The predicted octanol–water partition coefficient (Wildman–Crippen LogP) is 1.48. The second-order valence-electron chi connectivity index (χ2n) is 5.48. The summed E-state index contributed by atoms with van der Waals surface area (Å²) in [6, 6.07) is 1.42. The number of carbonyl (C=O) groups excluding carboxylic acids is 1. The summed E-state index contributed by atoms with van der Waals surface area (Å²) < 4.78 is 5.03. The van der Waals surface area contributed by atoms with Gasteiger partial charge in [0, 0.05) is 38.2 Å². The fourth-order valence-corrected chi connectivity index (χ4v) is 1.63. The van der Waals surface area contributed by atoms with Gasteiger partial charge in [0.2, 0.25) is 0 Å². The molecule has 0 unspecified atom stereocenters. The highest BCUT2D eigenvalue weighted by molar-refractivity contribution is 5.93. The molecule has 0 bridgehead atoms. The molecule has 0 fully saturated rings. The van der Waals surface area contributed by atoms with Crippen LogP contribution in [0.5, 0.6) is 0 Å². The Balaban J connectivity index is 2.63.